The molecular formula is C19H19N5O2. The Morgan fingerprint density at radius 3 is 2.54 bits per heavy atom. The zero-order valence-corrected chi connectivity index (χ0v) is 14.1. The minimum absolute atomic E-state index is 0.244. The van der Waals surface area contributed by atoms with Crippen molar-refractivity contribution in [3.63, 3.8) is 0 Å². The fourth-order valence-corrected chi connectivity index (χ4v) is 2.39. The summed E-state index contributed by atoms with van der Waals surface area (Å²) in [6, 6.07) is 17.3. The summed E-state index contributed by atoms with van der Waals surface area (Å²) < 4.78 is 0. The van der Waals surface area contributed by atoms with Crippen molar-refractivity contribution >= 4 is 17.7 Å². The van der Waals surface area contributed by atoms with Crippen LogP contribution in [0, 0.1) is 0 Å². The van der Waals surface area contributed by atoms with E-state index in [4.69, 9.17) is 5.11 Å². The Morgan fingerprint density at radius 1 is 1.00 bits per heavy atom. The van der Waals surface area contributed by atoms with Crippen LogP contribution in [-0.4, -0.2) is 39.1 Å². The molecule has 7 heteroatoms. The predicted molar refractivity (Wildman–Crippen MR) is 100 cm³/mol. The third kappa shape index (κ3) is 5.01. The fourth-order valence-electron chi connectivity index (χ4n) is 2.39. The van der Waals surface area contributed by atoms with Crippen LogP contribution in [-0.2, 0) is 11.2 Å². The van der Waals surface area contributed by atoms with Crippen LogP contribution in [0.1, 0.15) is 5.69 Å². The molecule has 3 N–H and O–H groups in total. The summed E-state index contributed by atoms with van der Waals surface area (Å²) >= 11 is 0. The highest BCUT2D eigenvalue weighted by Crippen LogP contribution is 2.21. The van der Waals surface area contributed by atoms with Gasteiger partial charge in [0.1, 0.15) is 12.4 Å². The minimum atomic E-state index is -0.969. The normalized spacial score (nSPS) is 10.3. The molecule has 132 valence electrons. The maximum absolute atomic E-state index is 10.8. The lowest BCUT2D eigenvalue weighted by molar-refractivity contribution is -0.134. The molecule has 3 rings (SSSR count). The number of aromatic nitrogens is 3. The Morgan fingerprint density at radius 2 is 1.81 bits per heavy atom. The van der Waals surface area contributed by atoms with Crippen molar-refractivity contribution in [1.29, 1.82) is 0 Å². The zero-order chi connectivity index (χ0) is 18.2. The number of carboxylic acid groups (broad SMARTS) is 1. The molecule has 0 radical (unpaired) electrons. The molecule has 0 fully saturated rings. The van der Waals surface area contributed by atoms with Gasteiger partial charge in [0.25, 0.3) is 0 Å². The van der Waals surface area contributed by atoms with E-state index in [2.05, 4.69) is 25.6 Å². The lowest BCUT2D eigenvalue weighted by Crippen LogP contribution is -2.15. The highest BCUT2D eigenvalue weighted by atomic mass is 16.4. The number of hydrogen-bond donors (Lipinski definition) is 3. The van der Waals surface area contributed by atoms with Crippen molar-refractivity contribution in [3.8, 4) is 11.3 Å². The number of nitrogens with one attached hydrogen (secondary N) is 2. The Hall–Kier alpha value is -3.48. The van der Waals surface area contributed by atoms with Crippen molar-refractivity contribution in [3.05, 3.63) is 66.5 Å². The summed E-state index contributed by atoms with van der Waals surface area (Å²) in [7, 11) is 0. The molecule has 0 aliphatic rings. The molecule has 0 aliphatic carbocycles. The van der Waals surface area contributed by atoms with Gasteiger partial charge in [-0.3, -0.25) is 9.78 Å². The quantitative estimate of drug-likeness (QED) is 0.575. The molecule has 0 amide bonds. The van der Waals surface area contributed by atoms with Gasteiger partial charge in [-0.15, -0.1) is 0 Å². The van der Waals surface area contributed by atoms with Gasteiger partial charge in [0.2, 0.25) is 5.95 Å². The van der Waals surface area contributed by atoms with Gasteiger partial charge < -0.3 is 15.7 Å². The molecule has 2 heterocycles. The molecule has 0 spiro atoms. The first kappa shape index (κ1) is 17.3. The van der Waals surface area contributed by atoms with Gasteiger partial charge in [0.15, 0.2) is 0 Å². The third-order valence-electron chi connectivity index (χ3n) is 3.61. The standard InChI is InChI=1S/C19H19N5O2/c25-18(26)13-22-19-23-16(14-6-2-1-3-7-14)12-17(24-19)21-11-9-15-8-4-5-10-20-15/h1-8,10,12H,9,11,13H2,(H,25,26)(H2,21,22,23,24). The van der Waals surface area contributed by atoms with Crippen LogP contribution >= 0.6 is 0 Å². The van der Waals surface area contributed by atoms with E-state index in [-0.39, 0.29) is 12.5 Å². The summed E-state index contributed by atoms with van der Waals surface area (Å²) in [5.74, 6) is -0.0693. The Bertz CT molecular complexity index is 856. The highest BCUT2D eigenvalue weighted by Gasteiger charge is 2.08. The molecule has 1 aromatic carbocycles. The summed E-state index contributed by atoms with van der Waals surface area (Å²) in [6.07, 6.45) is 2.52. The molecule has 0 atom stereocenters. The van der Waals surface area contributed by atoms with Crippen LogP contribution < -0.4 is 10.6 Å². The average molecular weight is 349 g/mol. The maximum atomic E-state index is 10.8. The molecule has 0 aliphatic heterocycles. The second-order valence-electron chi connectivity index (χ2n) is 5.57. The van der Waals surface area contributed by atoms with E-state index < -0.39 is 5.97 Å². The van der Waals surface area contributed by atoms with Crippen molar-refractivity contribution in [2.45, 2.75) is 6.42 Å². The summed E-state index contributed by atoms with van der Waals surface area (Å²) in [4.78, 5) is 23.8. The Labute approximate surface area is 151 Å². The Kier molecular flexibility index (Phi) is 5.72. The predicted octanol–water partition coefficient (Wildman–Crippen LogP) is 2.69. The van der Waals surface area contributed by atoms with E-state index in [0.29, 0.717) is 18.1 Å². The molecule has 26 heavy (non-hydrogen) atoms. The van der Waals surface area contributed by atoms with E-state index in [1.165, 1.54) is 0 Å². The topological polar surface area (TPSA) is 100 Å². The number of pyridine rings is 1. The van der Waals surface area contributed by atoms with Gasteiger partial charge in [-0.1, -0.05) is 36.4 Å². The van der Waals surface area contributed by atoms with Gasteiger partial charge in [-0.05, 0) is 12.1 Å². The zero-order valence-electron chi connectivity index (χ0n) is 14.1. The number of benzene rings is 1. The van der Waals surface area contributed by atoms with E-state index in [0.717, 1.165) is 17.7 Å². The van der Waals surface area contributed by atoms with Crippen molar-refractivity contribution in [2.75, 3.05) is 23.7 Å². The van der Waals surface area contributed by atoms with Crippen LogP contribution in [0.25, 0.3) is 11.3 Å². The van der Waals surface area contributed by atoms with Gasteiger partial charge in [-0.2, -0.15) is 4.98 Å². The molecule has 7 nitrogen and oxygen atoms in total. The smallest absolute Gasteiger partial charge is 0.322 e. The number of nitrogens with zero attached hydrogens (tertiary/aromatic N) is 3. The van der Waals surface area contributed by atoms with Crippen LogP contribution in [0.2, 0.25) is 0 Å². The van der Waals surface area contributed by atoms with Crippen molar-refractivity contribution in [1.82, 2.24) is 15.0 Å². The Balaban J connectivity index is 1.76. The van der Waals surface area contributed by atoms with Crippen LogP contribution in [0.3, 0.4) is 0 Å². The first-order valence-corrected chi connectivity index (χ1v) is 8.24. The van der Waals surface area contributed by atoms with Gasteiger partial charge in [0, 0.05) is 36.5 Å². The number of aliphatic carboxylic acids is 1. The number of carboxylic acids is 1. The molecular weight excluding hydrogens is 330 g/mol. The summed E-state index contributed by atoms with van der Waals surface area (Å²) in [5.41, 5.74) is 2.64. The van der Waals surface area contributed by atoms with Crippen LogP contribution in [0.4, 0.5) is 11.8 Å². The molecule has 3 aromatic rings. The first-order chi connectivity index (χ1) is 12.7. The monoisotopic (exact) mass is 349 g/mol. The fraction of sp³-hybridized carbons (Fsp3) is 0.158. The second kappa shape index (κ2) is 8.57. The van der Waals surface area contributed by atoms with Crippen LogP contribution in [0.5, 0.6) is 0 Å². The lowest BCUT2D eigenvalue weighted by Gasteiger charge is -2.10. The second-order valence-corrected chi connectivity index (χ2v) is 5.57. The van der Waals surface area contributed by atoms with E-state index in [1.807, 2.05) is 54.6 Å². The van der Waals surface area contributed by atoms with Crippen LogP contribution in [0.15, 0.2) is 60.8 Å². The highest BCUT2D eigenvalue weighted by molar-refractivity contribution is 5.72. The molecule has 0 saturated carbocycles. The molecule has 0 unspecified atom stereocenters. The maximum Gasteiger partial charge on any atom is 0.322 e. The first-order valence-electron chi connectivity index (χ1n) is 8.24. The van der Waals surface area contributed by atoms with Gasteiger partial charge >= 0.3 is 5.97 Å². The van der Waals surface area contributed by atoms with Crippen molar-refractivity contribution < 1.29 is 9.90 Å². The number of carbonyl (C=O) groups is 1. The van der Waals surface area contributed by atoms with Gasteiger partial charge in [-0.25, -0.2) is 4.98 Å². The third-order valence-corrected chi connectivity index (χ3v) is 3.61. The van der Waals surface area contributed by atoms with E-state index >= 15 is 0 Å². The number of anilines is 2. The summed E-state index contributed by atoms with van der Waals surface area (Å²) in [5, 5.41) is 14.8. The SMILES string of the molecule is O=C(O)CNc1nc(NCCc2ccccn2)cc(-c2ccccc2)n1. The molecule has 0 saturated heterocycles. The number of rotatable bonds is 8. The van der Waals surface area contributed by atoms with E-state index in [9.17, 15) is 4.79 Å². The van der Waals surface area contributed by atoms with Gasteiger partial charge in [0.05, 0.1) is 5.69 Å². The molecule has 0 bridgehead atoms. The minimum Gasteiger partial charge on any atom is -0.480 e. The lowest BCUT2D eigenvalue weighted by atomic mass is 10.1. The number of hydrogen-bond acceptors (Lipinski definition) is 6. The molecule has 2 aromatic heterocycles. The van der Waals surface area contributed by atoms with Crippen molar-refractivity contribution in [2.24, 2.45) is 0 Å². The largest absolute Gasteiger partial charge is 0.480 e. The summed E-state index contributed by atoms with van der Waals surface area (Å²) in [6.45, 7) is 0.409. The average Bonchev–Trinajstić information content (AvgIpc) is 2.68. The van der Waals surface area contributed by atoms with E-state index in [1.54, 1.807) is 6.20 Å².